The zero-order chi connectivity index (χ0) is 17.5. The van der Waals surface area contributed by atoms with Crippen LogP contribution < -0.4 is 10.6 Å². The summed E-state index contributed by atoms with van der Waals surface area (Å²) in [5.74, 6) is -0.291. The van der Waals surface area contributed by atoms with Gasteiger partial charge >= 0.3 is 6.18 Å². The summed E-state index contributed by atoms with van der Waals surface area (Å²) in [5, 5.41) is 15.6. The van der Waals surface area contributed by atoms with Crippen molar-refractivity contribution in [3.05, 3.63) is 0 Å². The zero-order valence-electron chi connectivity index (χ0n) is 13.5. The van der Waals surface area contributed by atoms with Crippen molar-refractivity contribution < 1.29 is 23.1 Å². The van der Waals surface area contributed by atoms with Gasteiger partial charge in [-0.25, -0.2) is 4.99 Å². The second-order valence-corrected chi connectivity index (χ2v) is 5.71. The fourth-order valence-electron chi connectivity index (χ4n) is 2.36. The summed E-state index contributed by atoms with van der Waals surface area (Å²) < 4.78 is 36.8. The number of alkyl halides is 3. The van der Waals surface area contributed by atoms with E-state index in [1.54, 1.807) is 0 Å². The Hall–Kier alpha value is -1.51. The number of guanidine groups is 1. The fraction of sp³-hybridized carbons (Fsp3) is 0.857. The van der Waals surface area contributed by atoms with E-state index >= 15 is 0 Å². The van der Waals surface area contributed by atoms with Crippen LogP contribution in [0.3, 0.4) is 0 Å². The number of carbonyl (C=O) groups is 1. The Kier molecular flexibility index (Phi) is 7.60. The van der Waals surface area contributed by atoms with E-state index in [9.17, 15) is 23.1 Å². The van der Waals surface area contributed by atoms with Crippen molar-refractivity contribution in [2.24, 2.45) is 4.99 Å². The summed E-state index contributed by atoms with van der Waals surface area (Å²) in [5.41, 5.74) is 0. The SMILES string of the molecule is CCNC(=NCC(=O)N(C)CC(F)(F)F)NC1CCC(O)CC1. The first kappa shape index (κ1) is 19.5. The van der Waals surface area contributed by atoms with Gasteiger partial charge in [0, 0.05) is 19.6 Å². The van der Waals surface area contributed by atoms with Gasteiger partial charge in [-0.1, -0.05) is 0 Å². The average Bonchev–Trinajstić information content (AvgIpc) is 2.45. The van der Waals surface area contributed by atoms with Crippen molar-refractivity contribution in [2.75, 3.05) is 26.7 Å². The molecule has 0 spiro atoms. The molecule has 0 aromatic rings. The number of amides is 1. The molecular formula is C14H25F3N4O2. The van der Waals surface area contributed by atoms with Crippen LogP contribution in [0.15, 0.2) is 4.99 Å². The lowest BCUT2D eigenvalue weighted by atomic mass is 9.93. The largest absolute Gasteiger partial charge is 0.406 e. The van der Waals surface area contributed by atoms with E-state index in [0.717, 1.165) is 19.9 Å². The number of halogens is 3. The van der Waals surface area contributed by atoms with Gasteiger partial charge in [0.25, 0.3) is 0 Å². The lowest BCUT2D eigenvalue weighted by Crippen LogP contribution is -2.46. The molecule has 0 atom stereocenters. The van der Waals surface area contributed by atoms with E-state index in [-0.39, 0.29) is 18.7 Å². The summed E-state index contributed by atoms with van der Waals surface area (Å²) in [7, 11) is 1.11. The molecule has 1 saturated carbocycles. The lowest BCUT2D eigenvalue weighted by molar-refractivity contribution is -0.157. The molecule has 1 aliphatic rings. The zero-order valence-corrected chi connectivity index (χ0v) is 13.5. The van der Waals surface area contributed by atoms with Gasteiger partial charge in [0.15, 0.2) is 5.96 Å². The van der Waals surface area contributed by atoms with Gasteiger partial charge in [-0.15, -0.1) is 0 Å². The maximum Gasteiger partial charge on any atom is 0.406 e. The number of aliphatic imine (C=N–C) groups is 1. The fourth-order valence-corrected chi connectivity index (χ4v) is 2.36. The molecule has 0 aromatic carbocycles. The molecule has 9 heteroatoms. The minimum atomic E-state index is -4.42. The maximum absolute atomic E-state index is 12.3. The highest BCUT2D eigenvalue weighted by Crippen LogP contribution is 2.18. The predicted octanol–water partition coefficient (Wildman–Crippen LogP) is 0.866. The molecule has 3 N–H and O–H groups in total. The van der Waals surface area contributed by atoms with Crippen LogP contribution in [0.4, 0.5) is 13.2 Å². The Morgan fingerprint density at radius 2 is 1.91 bits per heavy atom. The third kappa shape index (κ3) is 8.06. The van der Waals surface area contributed by atoms with Crippen molar-refractivity contribution in [1.82, 2.24) is 15.5 Å². The highest BCUT2D eigenvalue weighted by Gasteiger charge is 2.31. The highest BCUT2D eigenvalue weighted by atomic mass is 19.4. The molecule has 0 aliphatic heterocycles. The van der Waals surface area contributed by atoms with Crippen molar-refractivity contribution in [3.63, 3.8) is 0 Å². The van der Waals surface area contributed by atoms with E-state index in [4.69, 9.17) is 0 Å². The molecule has 0 radical (unpaired) electrons. The molecule has 0 heterocycles. The van der Waals surface area contributed by atoms with Crippen LogP contribution in [0.5, 0.6) is 0 Å². The third-order valence-electron chi connectivity index (χ3n) is 3.60. The second-order valence-electron chi connectivity index (χ2n) is 5.71. The number of hydrogen-bond acceptors (Lipinski definition) is 3. The Bertz CT molecular complexity index is 407. The van der Waals surface area contributed by atoms with E-state index < -0.39 is 18.6 Å². The topological polar surface area (TPSA) is 77.0 Å². The van der Waals surface area contributed by atoms with Gasteiger partial charge in [0.1, 0.15) is 13.1 Å². The number of likely N-dealkylation sites (N-methyl/N-ethyl adjacent to an activating group) is 1. The van der Waals surface area contributed by atoms with E-state index in [1.807, 2.05) is 6.92 Å². The van der Waals surface area contributed by atoms with Crippen LogP contribution in [0.1, 0.15) is 32.6 Å². The number of hydrogen-bond donors (Lipinski definition) is 3. The Balaban J connectivity index is 2.52. The van der Waals surface area contributed by atoms with Crippen LogP contribution >= 0.6 is 0 Å². The number of aliphatic hydroxyl groups is 1. The highest BCUT2D eigenvalue weighted by molar-refractivity contribution is 5.85. The van der Waals surface area contributed by atoms with E-state index in [0.29, 0.717) is 30.2 Å². The summed E-state index contributed by atoms with van der Waals surface area (Å²) in [4.78, 5) is 16.4. The summed E-state index contributed by atoms with van der Waals surface area (Å²) in [6.07, 6.45) is -1.72. The molecule has 1 aliphatic carbocycles. The van der Waals surface area contributed by atoms with Crippen LogP contribution in [0, 0.1) is 0 Å². The molecule has 1 amide bonds. The number of carbonyl (C=O) groups excluding carboxylic acids is 1. The molecule has 0 saturated heterocycles. The third-order valence-corrected chi connectivity index (χ3v) is 3.60. The molecule has 6 nitrogen and oxygen atoms in total. The van der Waals surface area contributed by atoms with Crippen LogP contribution in [0.25, 0.3) is 0 Å². The van der Waals surface area contributed by atoms with Crippen molar-refractivity contribution in [2.45, 2.75) is 50.9 Å². The first-order valence-corrected chi connectivity index (χ1v) is 7.75. The number of rotatable bonds is 5. The van der Waals surface area contributed by atoms with Crippen LogP contribution in [-0.2, 0) is 4.79 Å². The Labute approximate surface area is 134 Å². The molecule has 0 aromatic heterocycles. The number of nitrogens with zero attached hydrogens (tertiary/aromatic N) is 2. The smallest absolute Gasteiger partial charge is 0.393 e. The first-order chi connectivity index (χ1) is 10.7. The number of nitrogens with one attached hydrogen (secondary N) is 2. The van der Waals surface area contributed by atoms with Gasteiger partial charge in [0.05, 0.1) is 6.10 Å². The van der Waals surface area contributed by atoms with Crippen molar-refractivity contribution in [1.29, 1.82) is 0 Å². The maximum atomic E-state index is 12.3. The molecule has 0 bridgehead atoms. The first-order valence-electron chi connectivity index (χ1n) is 7.75. The van der Waals surface area contributed by atoms with Crippen molar-refractivity contribution in [3.8, 4) is 0 Å². The standard InChI is InChI=1S/C14H25F3N4O2/c1-3-18-13(20-10-4-6-11(22)7-5-10)19-8-12(23)21(2)9-14(15,16)17/h10-11,22H,3-9H2,1-2H3,(H2,18,19,20). The normalized spacial score (nSPS) is 22.6. The molecule has 1 rings (SSSR count). The van der Waals surface area contributed by atoms with Gasteiger partial charge in [0.2, 0.25) is 5.91 Å². The molecular weight excluding hydrogens is 313 g/mol. The monoisotopic (exact) mass is 338 g/mol. The summed E-state index contributed by atoms with van der Waals surface area (Å²) >= 11 is 0. The van der Waals surface area contributed by atoms with Crippen molar-refractivity contribution >= 4 is 11.9 Å². The van der Waals surface area contributed by atoms with E-state index in [2.05, 4.69) is 15.6 Å². The molecule has 23 heavy (non-hydrogen) atoms. The van der Waals surface area contributed by atoms with Crippen LogP contribution in [0.2, 0.25) is 0 Å². The second kappa shape index (κ2) is 8.95. The molecule has 0 unspecified atom stereocenters. The average molecular weight is 338 g/mol. The molecule has 134 valence electrons. The number of aliphatic hydroxyl groups excluding tert-OH is 1. The summed E-state index contributed by atoms with van der Waals surface area (Å²) in [6, 6.07) is 0.138. The van der Waals surface area contributed by atoms with Gasteiger partial charge < -0.3 is 20.6 Å². The van der Waals surface area contributed by atoms with Gasteiger partial charge in [-0.3, -0.25) is 4.79 Å². The lowest BCUT2D eigenvalue weighted by Gasteiger charge is -2.27. The summed E-state index contributed by atoms with van der Waals surface area (Å²) in [6.45, 7) is 0.802. The van der Waals surface area contributed by atoms with Gasteiger partial charge in [-0.2, -0.15) is 13.2 Å². The quantitative estimate of drug-likeness (QED) is 0.513. The molecule has 1 fully saturated rings. The Morgan fingerprint density at radius 3 is 2.43 bits per heavy atom. The van der Waals surface area contributed by atoms with E-state index in [1.165, 1.54) is 0 Å². The minimum Gasteiger partial charge on any atom is -0.393 e. The van der Waals surface area contributed by atoms with Gasteiger partial charge in [-0.05, 0) is 32.6 Å². The minimum absolute atomic E-state index is 0.138. The van der Waals surface area contributed by atoms with Crippen LogP contribution in [-0.4, -0.2) is 66.9 Å². The predicted molar refractivity (Wildman–Crippen MR) is 81.1 cm³/mol. The Morgan fingerprint density at radius 1 is 1.30 bits per heavy atom.